The Labute approximate surface area is 182 Å². The Balaban J connectivity index is 1.64. The fraction of sp³-hybridized carbons (Fsp3) is 0.0476. The van der Waals surface area contributed by atoms with E-state index in [0.717, 1.165) is 0 Å². The fourth-order valence-electron chi connectivity index (χ4n) is 3.10. The van der Waals surface area contributed by atoms with E-state index in [4.69, 9.17) is 17.3 Å². The first-order valence-corrected chi connectivity index (χ1v) is 10.9. The highest BCUT2D eigenvalue weighted by molar-refractivity contribution is 7.92. The number of alkyl halides is 1. The summed E-state index contributed by atoms with van der Waals surface area (Å²) in [6, 6.07) is 14.9. The molecule has 2 aromatic carbocycles. The highest BCUT2D eigenvalue weighted by Gasteiger charge is 2.38. The molecule has 156 valence electrons. The van der Waals surface area contributed by atoms with Crippen LogP contribution in [0.3, 0.4) is 0 Å². The number of aromatic nitrogens is 1. The van der Waals surface area contributed by atoms with Crippen LogP contribution in [0.25, 0.3) is 0 Å². The number of carbonyl (C=O) groups is 2. The fourth-order valence-corrected chi connectivity index (χ4v) is 4.37. The summed E-state index contributed by atoms with van der Waals surface area (Å²) in [7, 11) is -3.86. The molecular weight excluding hydrogens is 440 g/mol. The lowest BCUT2D eigenvalue weighted by Crippen LogP contribution is -2.38. The molecule has 1 aliphatic carbocycles. The van der Waals surface area contributed by atoms with Gasteiger partial charge < -0.3 is 5.73 Å². The molecule has 3 aromatic rings. The number of aliphatic imine (C=N–C) groups is 1. The van der Waals surface area contributed by atoms with E-state index >= 15 is 0 Å². The maximum atomic E-state index is 12.8. The van der Waals surface area contributed by atoms with Crippen LogP contribution in [0.4, 0.5) is 17.2 Å². The SMILES string of the molecule is Nc1cccc2c1C(=O)C(Cl)C(=Nc1ccc(S(=O)(=O)Nc3ccccn3)cc1)C2=O. The maximum Gasteiger partial charge on any atom is 0.263 e. The van der Waals surface area contributed by atoms with Crippen molar-refractivity contribution < 1.29 is 18.0 Å². The Morgan fingerprint density at radius 3 is 2.42 bits per heavy atom. The van der Waals surface area contributed by atoms with Gasteiger partial charge in [-0.05, 0) is 42.5 Å². The molecule has 0 radical (unpaired) electrons. The van der Waals surface area contributed by atoms with Crippen LogP contribution in [-0.2, 0) is 10.0 Å². The summed E-state index contributed by atoms with van der Waals surface area (Å²) >= 11 is 6.20. The lowest BCUT2D eigenvalue weighted by atomic mass is 9.86. The van der Waals surface area contributed by atoms with Crippen molar-refractivity contribution in [3.63, 3.8) is 0 Å². The van der Waals surface area contributed by atoms with E-state index in [1.165, 1.54) is 48.7 Å². The molecule has 1 aromatic heterocycles. The normalized spacial score (nSPS) is 17.5. The number of rotatable bonds is 4. The van der Waals surface area contributed by atoms with Gasteiger partial charge in [-0.25, -0.2) is 18.4 Å². The van der Waals surface area contributed by atoms with E-state index in [9.17, 15) is 18.0 Å². The number of pyridine rings is 1. The molecule has 3 N–H and O–H groups in total. The highest BCUT2D eigenvalue weighted by Crippen LogP contribution is 2.29. The van der Waals surface area contributed by atoms with Crippen LogP contribution < -0.4 is 10.5 Å². The van der Waals surface area contributed by atoms with E-state index in [1.54, 1.807) is 18.2 Å². The number of hydrogen-bond donors (Lipinski definition) is 2. The Kier molecular flexibility index (Phi) is 5.30. The third-order valence-electron chi connectivity index (χ3n) is 4.59. The molecule has 8 nitrogen and oxygen atoms in total. The lowest BCUT2D eigenvalue weighted by molar-refractivity contribution is 0.0968. The van der Waals surface area contributed by atoms with Crippen LogP contribution in [0, 0.1) is 0 Å². The first-order chi connectivity index (χ1) is 14.8. The Morgan fingerprint density at radius 1 is 1.00 bits per heavy atom. The minimum atomic E-state index is -3.86. The van der Waals surface area contributed by atoms with Crippen LogP contribution in [0.5, 0.6) is 0 Å². The molecule has 0 fully saturated rings. The van der Waals surface area contributed by atoms with Gasteiger partial charge >= 0.3 is 0 Å². The van der Waals surface area contributed by atoms with Crippen LogP contribution in [0.15, 0.2) is 76.7 Å². The van der Waals surface area contributed by atoms with Gasteiger partial charge in [0.25, 0.3) is 10.0 Å². The van der Waals surface area contributed by atoms with Crippen molar-refractivity contribution in [2.45, 2.75) is 10.3 Å². The number of Topliss-reactive ketones (excluding diaryl/α,β-unsaturated/α-hetero) is 2. The Hall–Kier alpha value is -3.56. The van der Waals surface area contributed by atoms with E-state index < -0.39 is 27.0 Å². The smallest absolute Gasteiger partial charge is 0.263 e. The number of nitrogen functional groups attached to an aromatic ring is 1. The summed E-state index contributed by atoms with van der Waals surface area (Å²) < 4.78 is 27.4. The minimum absolute atomic E-state index is 0.0197. The quantitative estimate of drug-likeness (QED) is 0.459. The number of nitrogens with one attached hydrogen (secondary N) is 1. The number of hydrogen-bond acceptors (Lipinski definition) is 7. The van der Waals surface area contributed by atoms with Gasteiger partial charge in [-0.15, -0.1) is 11.6 Å². The van der Waals surface area contributed by atoms with Crippen molar-refractivity contribution in [1.82, 2.24) is 4.98 Å². The van der Waals surface area contributed by atoms with Crippen LogP contribution in [0.2, 0.25) is 0 Å². The Morgan fingerprint density at radius 2 is 1.74 bits per heavy atom. The van der Waals surface area contributed by atoms with Crippen molar-refractivity contribution in [3.05, 3.63) is 78.0 Å². The van der Waals surface area contributed by atoms with Gasteiger partial charge in [0, 0.05) is 17.4 Å². The van der Waals surface area contributed by atoms with Crippen molar-refractivity contribution in [2.75, 3.05) is 10.5 Å². The molecule has 0 aliphatic heterocycles. The molecule has 1 aliphatic rings. The van der Waals surface area contributed by atoms with Crippen LogP contribution in [-0.4, -0.2) is 36.1 Å². The van der Waals surface area contributed by atoms with E-state index in [-0.39, 0.29) is 38.9 Å². The lowest BCUT2D eigenvalue weighted by Gasteiger charge is -2.21. The number of sulfonamides is 1. The van der Waals surface area contributed by atoms with Gasteiger partial charge in [0.15, 0.2) is 5.78 Å². The summed E-state index contributed by atoms with van der Waals surface area (Å²) in [5.74, 6) is -0.830. The standard InChI is InChI=1S/C21H15ClN4O4S/c22-18-19(20(27)14-4-3-5-15(23)17(14)21(18)28)25-12-7-9-13(10-8-12)31(29,30)26-16-6-1-2-11-24-16/h1-11,18H,23H2,(H,24,26). The molecule has 4 rings (SSSR count). The van der Waals surface area contributed by atoms with Gasteiger partial charge in [-0.1, -0.05) is 18.2 Å². The van der Waals surface area contributed by atoms with Gasteiger partial charge in [0.1, 0.15) is 16.9 Å². The monoisotopic (exact) mass is 454 g/mol. The largest absolute Gasteiger partial charge is 0.398 e. The first-order valence-electron chi connectivity index (χ1n) is 9.02. The average Bonchev–Trinajstić information content (AvgIpc) is 2.76. The number of benzene rings is 2. The third-order valence-corrected chi connectivity index (χ3v) is 6.37. The number of halogens is 1. The van der Waals surface area contributed by atoms with Gasteiger partial charge in [-0.2, -0.15) is 0 Å². The zero-order valence-corrected chi connectivity index (χ0v) is 17.4. The minimum Gasteiger partial charge on any atom is -0.398 e. The second-order valence-corrected chi connectivity index (χ2v) is 8.76. The highest BCUT2D eigenvalue weighted by atomic mass is 35.5. The molecule has 0 spiro atoms. The van der Waals surface area contributed by atoms with E-state index in [0.29, 0.717) is 0 Å². The third kappa shape index (κ3) is 3.92. The van der Waals surface area contributed by atoms with Crippen molar-refractivity contribution >= 4 is 56.1 Å². The van der Waals surface area contributed by atoms with Crippen molar-refractivity contribution in [3.8, 4) is 0 Å². The molecule has 0 saturated carbocycles. The molecule has 1 heterocycles. The number of ketones is 2. The molecule has 1 atom stereocenters. The van der Waals surface area contributed by atoms with E-state index in [2.05, 4.69) is 14.7 Å². The summed E-state index contributed by atoms with van der Waals surface area (Å²) in [6.07, 6.45) is 1.47. The second-order valence-electron chi connectivity index (χ2n) is 6.64. The van der Waals surface area contributed by atoms with E-state index in [1.807, 2.05) is 0 Å². The van der Waals surface area contributed by atoms with Crippen LogP contribution in [0.1, 0.15) is 20.7 Å². The van der Waals surface area contributed by atoms with Gasteiger partial charge in [0.05, 0.1) is 16.1 Å². The maximum absolute atomic E-state index is 12.8. The summed E-state index contributed by atoms with van der Waals surface area (Å²) in [4.78, 5) is 33.5. The number of nitrogens with zero attached hydrogens (tertiary/aromatic N) is 2. The zero-order valence-electron chi connectivity index (χ0n) is 15.8. The van der Waals surface area contributed by atoms with Crippen molar-refractivity contribution in [1.29, 1.82) is 0 Å². The molecular formula is C21H15ClN4O4S. The second kappa shape index (κ2) is 7.93. The van der Waals surface area contributed by atoms with Gasteiger partial charge in [-0.3, -0.25) is 14.3 Å². The van der Waals surface area contributed by atoms with Crippen molar-refractivity contribution in [2.24, 2.45) is 4.99 Å². The molecule has 10 heteroatoms. The average molecular weight is 455 g/mol. The summed E-state index contributed by atoms with van der Waals surface area (Å²) in [5.41, 5.74) is 6.36. The molecule has 0 saturated heterocycles. The molecule has 1 unspecified atom stereocenters. The van der Waals surface area contributed by atoms with Gasteiger partial charge in [0.2, 0.25) is 5.78 Å². The molecule has 0 amide bonds. The number of carbonyl (C=O) groups excluding carboxylic acids is 2. The predicted octanol–water partition coefficient (Wildman–Crippen LogP) is 3.22. The number of fused-ring (bicyclic) bond motifs is 1. The Bertz CT molecular complexity index is 1320. The first kappa shape index (κ1) is 20.7. The number of anilines is 2. The summed E-state index contributed by atoms with van der Waals surface area (Å²) in [5, 5.41) is -1.29. The topological polar surface area (TPSA) is 132 Å². The molecule has 0 bridgehead atoms. The zero-order chi connectivity index (χ0) is 22.2. The predicted molar refractivity (Wildman–Crippen MR) is 118 cm³/mol. The molecule has 31 heavy (non-hydrogen) atoms. The summed E-state index contributed by atoms with van der Waals surface area (Å²) in [6.45, 7) is 0. The van der Waals surface area contributed by atoms with Crippen LogP contribution >= 0.6 is 11.6 Å². The number of nitrogens with two attached hydrogens (primary N) is 1.